The second-order valence-corrected chi connectivity index (χ2v) is 7.95. The molecule has 0 aliphatic heterocycles. The van der Waals surface area contributed by atoms with Crippen LogP contribution in [-0.2, 0) is 0 Å². The molecule has 0 saturated heterocycles. The van der Waals surface area contributed by atoms with Crippen LogP contribution in [-0.4, -0.2) is 27.8 Å². The van der Waals surface area contributed by atoms with E-state index in [4.69, 9.17) is 9.97 Å². The number of hydrogen-bond acceptors (Lipinski definition) is 5. The largest absolute Gasteiger partial charge is 0.507 e. The van der Waals surface area contributed by atoms with Crippen molar-refractivity contribution < 1.29 is 5.11 Å². The van der Waals surface area contributed by atoms with E-state index in [0.29, 0.717) is 22.9 Å². The molecular weight excluding hydrogens is 452 g/mol. The van der Waals surface area contributed by atoms with Gasteiger partial charge in [-0.2, -0.15) is 5.10 Å². The lowest BCUT2D eigenvalue weighted by atomic mass is 10.1. The number of rotatable bonds is 5. The maximum atomic E-state index is 10.1. The standard InChI is InChI=1S/C25H21BrN4O/c1-17(21-10-6-7-11-23(21)31)29-30(2)24-16-22(18-8-4-3-5-9-18)27-25(28-24)19-12-14-20(26)15-13-19/h3-16,31H,1-2H3/b29-17-. The zero-order valence-corrected chi connectivity index (χ0v) is 18.8. The van der Waals surface area contributed by atoms with Crippen molar-refractivity contribution in [3.63, 3.8) is 0 Å². The summed E-state index contributed by atoms with van der Waals surface area (Å²) in [6.07, 6.45) is 0. The van der Waals surface area contributed by atoms with Crippen molar-refractivity contribution in [1.82, 2.24) is 9.97 Å². The fourth-order valence-electron chi connectivity index (χ4n) is 3.19. The monoisotopic (exact) mass is 472 g/mol. The van der Waals surface area contributed by atoms with Crippen LogP contribution in [0, 0.1) is 0 Å². The van der Waals surface area contributed by atoms with E-state index in [1.165, 1.54) is 0 Å². The molecule has 3 aromatic carbocycles. The van der Waals surface area contributed by atoms with Gasteiger partial charge >= 0.3 is 0 Å². The first kappa shape index (κ1) is 20.8. The summed E-state index contributed by atoms with van der Waals surface area (Å²) in [5, 5.41) is 16.5. The van der Waals surface area contributed by atoms with Gasteiger partial charge in [0.2, 0.25) is 0 Å². The molecular formula is C25H21BrN4O. The van der Waals surface area contributed by atoms with Gasteiger partial charge < -0.3 is 5.11 Å². The summed E-state index contributed by atoms with van der Waals surface area (Å²) in [7, 11) is 1.84. The van der Waals surface area contributed by atoms with Crippen LogP contribution >= 0.6 is 15.9 Å². The van der Waals surface area contributed by atoms with Gasteiger partial charge in [-0.1, -0.05) is 70.5 Å². The van der Waals surface area contributed by atoms with Gasteiger partial charge in [-0.05, 0) is 31.2 Å². The number of benzene rings is 3. The first-order valence-corrected chi connectivity index (χ1v) is 10.6. The molecule has 6 heteroatoms. The fraction of sp³-hybridized carbons (Fsp3) is 0.0800. The zero-order valence-electron chi connectivity index (χ0n) is 17.2. The molecule has 1 aromatic heterocycles. The summed E-state index contributed by atoms with van der Waals surface area (Å²) in [5.74, 6) is 1.47. The Morgan fingerprint density at radius 2 is 1.55 bits per heavy atom. The maximum absolute atomic E-state index is 10.1. The van der Waals surface area contributed by atoms with Crippen molar-refractivity contribution >= 4 is 27.5 Å². The number of anilines is 1. The quantitative estimate of drug-likeness (QED) is 0.280. The van der Waals surface area contributed by atoms with Crippen molar-refractivity contribution in [3.05, 3.63) is 95.0 Å². The van der Waals surface area contributed by atoms with Gasteiger partial charge in [-0.25, -0.2) is 9.97 Å². The Bertz CT molecular complexity index is 1220. The first-order chi connectivity index (χ1) is 15.0. The van der Waals surface area contributed by atoms with Gasteiger partial charge in [0.25, 0.3) is 0 Å². The smallest absolute Gasteiger partial charge is 0.162 e. The molecule has 4 aromatic rings. The van der Waals surface area contributed by atoms with E-state index in [1.807, 2.05) is 86.8 Å². The minimum Gasteiger partial charge on any atom is -0.507 e. The second-order valence-electron chi connectivity index (χ2n) is 7.03. The topological polar surface area (TPSA) is 61.6 Å². The molecule has 0 aliphatic rings. The Labute approximate surface area is 189 Å². The van der Waals surface area contributed by atoms with Crippen LogP contribution in [0.4, 0.5) is 5.82 Å². The number of hydrogen-bond donors (Lipinski definition) is 1. The third-order valence-corrected chi connectivity index (χ3v) is 5.34. The molecule has 0 radical (unpaired) electrons. The molecule has 0 spiro atoms. The summed E-state index contributed by atoms with van der Waals surface area (Å²) in [4.78, 5) is 9.55. The van der Waals surface area contributed by atoms with E-state index in [1.54, 1.807) is 17.1 Å². The number of phenolic OH excluding ortho intramolecular Hbond substituents is 1. The molecule has 0 bridgehead atoms. The van der Waals surface area contributed by atoms with Crippen molar-refractivity contribution in [3.8, 4) is 28.4 Å². The number of halogens is 1. The minimum absolute atomic E-state index is 0.195. The van der Waals surface area contributed by atoms with Gasteiger partial charge in [0.1, 0.15) is 5.75 Å². The number of aromatic hydroxyl groups is 1. The molecule has 0 atom stereocenters. The third kappa shape index (κ3) is 4.81. The van der Waals surface area contributed by atoms with Crippen molar-refractivity contribution in [2.24, 2.45) is 5.10 Å². The van der Waals surface area contributed by atoms with Gasteiger partial charge in [-0.3, -0.25) is 5.01 Å². The predicted molar refractivity (Wildman–Crippen MR) is 129 cm³/mol. The average Bonchev–Trinajstić information content (AvgIpc) is 2.80. The molecule has 5 nitrogen and oxygen atoms in total. The zero-order chi connectivity index (χ0) is 21.8. The Morgan fingerprint density at radius 1 is 0.871 bits per heavy atom. The molecule has 31 heavy (non-hydrogen) atoms. The Hall–Kier alpha value is -3.51. The molecule has 0 saturated carbocycles. The molecule has 154 valence electrons. The highest BCUT2D eigenvalue weighted by molar-refractivity contribution is 9.10. The van der Waals surface area contributed by atoms with E-state index in [2.05, 4.69) is 21.0 Å². The molecule has 0 aliphatic carbocycles. The van der Waals surface area contributed by atoms with Gasteiger partial charge in [0.15, 0.2) is 11.6 Å². The number of hydrazone groups is 1. The lowest BCUT2D eigenvalue weighted by Crippen LogP contribution is -2.15. The minimum atomic E-state index is 0.195. The highest BCUT2D eigenvalue weighted by Crippen LogP contribution is 2.27. The number of aromatic nitrogens is 2. The highest BCUT2D eigenvalue weighted by Gasteiger charge is 2.13. The van der Waals surface area contributed by atoms with Crippen molar-refractivity contribution in [2.75, 3.05) is 12.1 Å². The fourth-order valence-corrected chi connectivity index (χ4v) is 3.46. The van der Waals surface area contributed by atoms with Crippen molar-refractivity contribution in [2.45, 2.75) is 6.92 Å². The van der Waals surface area contributed by atoms with Crippen LogP contribution in [0.25, 0.3) is 22.6 Å². The van der Waals surface area contributed by atoms with Crippen LogP contribution in [0.2, 0.25) is 0 Å². The predicted octanol–water partition coefficient (Wildman–Crippen LogP) is 6.14. The van der Waals surface area contributed by atoms with E-state index in [-0.39, 0.29) is 5.75 Å². The first-order valence-electron chi connectivity index (χ1n) is 9.79. The third-order valence-electron chi connectivity index (χ3n) is 4.81. The summed E-state index contributed by atoms with van der Waals surface area (Å²) in [6, 6.07) is 27.0. The molecule has 1 N–H and O–H groups in total. The molecule has 0 unspecified atom stereocenters. The van der Waals surface area contributed by atoms with Crippen LogP contribution in [0.3, 0.4) is 0 Å². The SMILES string of the molecule is C/C(=N/N(C)c1cc(-c2ccccc2)nc(-c2ccc(Br)cc2)n1)c1ccccc1O. The Balaban J connectivity index is 1.79. The maximum Gasteiger partial charge on any atom is 0.162 e. The second kappa shape index (κ2) is 9.10. The van der Waals surface area contributed by atoms with Gasteiger partial charge in [0, 0.05) is 34.3 Å². The van der Waals surface area contributed by atoms with E-state index < -0.39 is 0 Å². The van der Waals surface area contributed by atoms with E-state index in [0.717, 1.165) is 21.3 Å². The van der Waals surface area contributed by atoms with Crippen LogP contribution < -0.4 is 5.01 Å². The van der Waals surface area contributed by atoms with Crippen LogP contribution in [0.1, 0.15) is 12.5 Å². The number of nitrogens with zero attached hydrogens (tertiary/aromatic N) is 4. The summed E-state index contributed by atoms with van der Waals surface area (Å²) < 4.78 is 0.996. The molecule has 1 heterocycles. The average molecular weight is 473 g/mol. The van der Waals surface area contributed by atoms with E-state index >= 15 is 0 Å². The summed E-state index contributed by atoms with van der Waals surface area (Å²) >= 11 is 3.47. The summed E-state index contributed by atoms with van der Waals surface area (Å²) in [6.45, 7) is 1.86. The van der Waals surface area contributed by atoms with Gasteiger partial charge in [0.05, 0.1) is 11.4 Å². The summed E-state index contributed by atoms with van der Waals surface area (Å²) in [5.41, 5.74) is 4.09. The normalized spacial score (nSPS) is 11.4. The van der Waals surface area contributed by atoms with Crippen molar-refractivity contribution in [1.29, 1.82) is 0 Å². The van der Waals surface area contributed by atoms with Crippen LogP contribution in [0.5, 0.6) is 5.75 Å². The Kier molecular flexibility index (Phi) is 6.09. The molecule has 0 fully saturated rings. The van der Waals surface area contributed by atoms with E-state index in [9.17, 15) is 5.11 Å². The lowest BCUT2D eigenvalue weighted by molar-refractivity contribution is 0.474. The Morgan fingerprint density at radius 3 is 2.26 bits per heavy atom. The van der Waals surface area contributed by atoms with Crippen LogP contribution in [0.15, 0.2) is 94.5 Å². The number of para-hydroxylation sites is 1. The molecule has 0 amide bonds. The highest BCUT2D eigenvalue weighted by atomic mass is 79.9. The lowest BCUT2D eigenvalue weighted by Gasteiger charge is -2.16. The number of phenols is 1. The van der Waals surface area contributed by atoms with Gasteiger partial charge in [-0.15, -0.1) is 0 Å². The molecule has 4 rings (SSSR count).